The third kappa shape index (κ3) is 2.62. The maximum absolute atomic E-state index is 5.62. The van der Waals surface area contributed by atoms with Crippen LogP contribution in [0.5, 0.6) is 0 Å². The van der Waals surface area contributed by atoms with Crippen LogP contribution >= 0.6 is 0 Å². The van der Waals surface area contributed by atoms with Crippen LogP contribution < -0.4 is 5.73 Å². The van der Waals surface area contributed by atoms with E-state index in [-0.39, 0.29) is 0 Å². The zero-order valence-corrected chi connectivity index (χ0v) is 8.38. The third-order valence-electron chi connectivity index (χ3n) is 2.11. The van der Waals surface area contributed by atoms with Gasteiger partial charge in [-0.15, -0.1) is 0 Å². The molecule has 2 N–H and O–H groups in total. The minimum atomic E-state index is 0.829. The van der Waals surface area contributed by atoms with Gasteiger partial charge in [-0.05, 0) is 36.1 Å². The lowest BCUT2D eigenvalue weighted by Gasteiger charge is -2.04. The lowest BCUT2D eigenvalue weighted by molar-refractivity contribution is 1.17. The van der Waals surface area contributed by atoms with Gasteiger partial charge in [-0.3, -0.25) is 0 Å². The Balaban J connectivity index is 2.92. The molecule has 1 aromatic carbocycles. The van der Waals surface area contributed by atoms with Crippen molar-refractivity contribution in [2.75, 3.05) is 5.73 Å². The molecule has 0 aliphatic heterocycles. The normalized spacial score (nSPS) is 11.7. The minimum Gasteiger partial charge on any atom is -0.399 e. The summed E-state index contributed by atoms with van der Waals surface area (Å²) in [6.45, 7) is 4.34. The fraction of sp³-hybridized carbons (Fsp3) is 0.333. The molecule has 0 aliphatic carbocycles. The second kappa shape index (κ2) is 4.70. The summed E-state index contributed by atoms with van der Waals surface area (Å²) in [5.41, 5.74) is 9.15. The van der Waals surface area contributed by atoms with Gasteiger partial charge in [-0.1, -0.05) is 32.1 Å². The molecule has 0 saturated heterocycles. The van der Waals surface area contributed by atoms with Crippen LogP contribution in [-0.2, 0) is 0 Å². The Morgan fingerprint density at radius 3 is 2.31 bits per heavy atom. The predicted molar refractivity (Wildman–Crippen MR) is 59.4 cm³/mol. The van der Waals surface area contributed by atoms with Crippen molar-refractivity contribution in [3.63, 3.8) is 0 Å². The van der Waals surface area contributed by atoms with Gasteiger partial charge in [-0.25, -0.2) is 0 Å². The number of anilines is 1. The van der Waals surface area contributed by atoms with Crippen LogP contribution in [0.15, 0.2) is 30.3 Å². The van der Waals surface area contributed by atoms with Gasteiger partial charge >= 0.3 is 0 Å². The van der Waals surface area contributed by atoms with Crippen molar-refractivity contribution < 1.29 is 0 Å². The highest BCUT2D eigenvalue weighted by Gasteiger charge is 1.96. The zero-order chi connectivity index (χ0) is 9.68. The summed E-state index contributed by atoms with van der Waals surface area (Å²) in [6, 6.07) is 8.07. The van der Waals surface area contributed by atoms with Crippen molar-refractivity contribution in [3.05, 3.63) is 35.9 Å². The molecule has 1 rings (SSSR count). The van der Waals surface area contributed by atoms with E-state index in [9.17, 15) is 0 Å². The first-order valence-corrected chi connectivity index (χ1v) is 4.82. The van der Waals surface area contributed by atoms with Gasteiger partial charge in [0.05, 0.1) is 0 Å². The van der Waals surface area contributed by atoms with E-state index < -0.39 is 0 Å². The molecule has 0 aliphatic rings. The van der Waals surface area contributed by atoms with Gasteiger partial charge in [0.15, 0.2) is 0 Å². The highest BCUT2D eigenvalue weighted by Crippen LogP contribution is 2.19. The first kappa shape index (κ1) is 9.85. The highest BCUT2D eigenvalue weighted by atomic mass is 14.5. The Hall–Kier alpha value is -1.24. The molecule has 0 heterocycles. The van der Waals surface area contributed by atoms with Crippen molar-refractivity contribution in [1.29, 1.82) is 0 Å². The molecule has 0 atom stereocenters. The van der Waals surface area contributed by atoms with E-state index in [0.717, 1.165) is 18.5 Å². The molecule has 1 heteroatoms. The van der Waals surface area contributed by atoms with Gasteiger partial charge in [0.1, 0.15) is 0 Å². The van der Waals surface area contributed by atoms with Crippen LogP contribution in [0.3, 0.4) is 0 Å². The summed E-state index contributed by atoms with van der Waals surface area (Å²) >= 11 is 0. The largest absolute Gasteiger partial charge is 0.399 e. The van der Waals surface area contributed by atoms with E-state index in [1.165, 1.54) is 11.1 Å². The maximum atomic E-state index is 5.62. The summed E-state index contributed by atoms with van der Waals surface area (Å²) in [7, 11) is 0. The number of hydrogen-bond acceptors (Lipinski definition) is 1. The van der Waals surface area contributed by atoms with E-state index in [0.29, 0.717) is 0 Å². The third-order valence-corrected chi connectivity index (χ3v) is 2.11. The number of hydrogen-bond donors (Lipinski definition) is 1. The van der Waals surface area contributed by atoms with Gasteiger partial charge < -0.3 is 5.73 Å². The molecule has 0 radical (unpaired) electrons. The Morgan fingerprint density at radius 2 is 1.85 bits per heavy atom. The summed E-state index contributed by atoms with van der Waals surface area (Å²) < 4.78 is 0. The van der Waals surface area contributed by atoms with Crippen LogP contribution in [0, 0.1) is 0 Å². The van der Waals surface area contributed by atoms with E-state index >= 15 is 0 Å². The molecule has 0 spiro atoms. The molecule has 0 bridgehead atoms. The molecule has 0 saturated carbocycles. The summed E-state index contributed by atoms with van der Waals surface area (Å²) in [4.78, 5) is 0. The summed E-state index contributed by atoms with van der Waals surface area (Å²) in [5.74, 6) is 0. The molecular formula is C12H17N. The molecule has 0 unspecified atom stereocenters. The molecule has 0 fully saturated rings. The quantitative estimate of drug-likeness (QED) is 0.699. The van der Waals surface area contributed by atoms with Crippen molar-refractivity contribution in [2.45, 2.75) is 26.7 Å². The fourth-order valence-corrected chi connectivity index (χ4v) is 1.41. The second-order valence-electron chi connectivity index (χ2n) is 3.11. The molecule has 1 aromatic rings. The Kier molecular flexibility index (Phi) is 3.56. The van der Waals surface area contributed by atoms with E-state index in [4.69, 9.17) is 5.73 Å². The molecule has 0 aromatic heterocycles. The Bertz CT molecular complexity index is 282. The van der Waals surface area contributed by atoms with Crippen LogP contribution in [0.4, 0.5) is 5.69 Å². The van der Waals surface area contributed by atoms with Crippen LogP contribution in [0.25, 0.3) is 5.57 Å². The zero-order valence-electron chi connectivity index (χ0n) is 8.38. The van der Waals surface area contributed by atoms with Gasteiger partial charge in [0.2, 0.25) is 0 Å². The topological polar surface area (TPSA) is 26.0 Å². The maximum Gasteiger partial charge on any atom is 0.0314 e. The fourth-order valence-electron chi connectivity index (χ4n) is 1.41. The van der Waals surface area contributed by atoms with Crippen molar-refractivity contribution in [1.82, 2.24) is 0 Å². The number of rotatable bonds is 3. The number of nitrogens with two attached hydrogens (primary N) is 1. The molecule has 70 valence electrons. The SMILES string of the molecule is CCC=C(CC)c1ccc(N)cc1. The van der Waals surface area contributed by atoms with Crippen molar-refractivity contribution >= 4 is 11.3 Å². The van der Waals surface area contributed by atoms with Crippen LogP contribution in [0.2, 0.25) is 0 Å². The lowest BCUT2D eigenvalue weighted by Crippen LogP contribution is -1.86. The Labute approximate surface area is 80.3 Å². The van der Waals surface area contributed by atoms with Crippen molar-refractivity contribution in [3.8, 4) is 0 Å². The van der Waals surface area contributed by atoms with Gasteiger partial charge in [-0.2, -0.15) is 0 Å². The number of allylic oxidation sites excluding steroid dienone is 2. The summed E-state index contributed by atoms with van der Waals surface area (Å²) in [6.07, 6.45) is 4.44. The van der Waals surface area contributed by atoms with E-state index in [1.807, 2.05) is 12.1 Å². The van der Waals surface area contributed by atoms with Crippen molar-refractivity contribution in [2.24, 2.45) is 0 Å². The average Bonchev–Trinajstić information content (AvgIpc) is 2.16. The second-order valence-corrected chi connectivity index (χ2v) is 3.11. The molecular weight excluding hydrogens is 158 g/mol. The standard InChI is InChI=1S/C12H17N/c1-3-5-10(4-2)11-6-8-12(13)9-7-11/h5-9H,3-4,13H2,1-2H3. The molecule has 0 amide bonds. The van der Waals surface area contributed by atoms with Crippen LogP contribution in [-0.4, -0.2) is 0 Å². The summed E-state index contributed by atoms with van der Waals surface area (Å²) in [5, 5.41) is 0. The highest BCUT2D eigenvalue weighted by molar-refractivity contribution is 5.66. The minimum absolute atomic E-state index is 0.829. The average molecular weight is 175 g/mol. The van der Waals surface area contributed by atoms with Gasteiger partial charge in [0, 0.05) is 5.69 Å². The molecule has 1 nitrogen and oxygen atoms in total. The predicted octanol–water partition coefficient (Wildman–Crippen LogP) is 3.47. The monoisotopic (exact) mass is 175 g/mol. The first-order valence-electron chi connectivity index (χ1n) is 4.82. The smallest absolute Gasteiger partial charge is 0.0314 e. The molecule has 13 heavy (non-hydrogen) atoms. The number of benzene rings is 1. The van der Waals surface area contributed by atoms with E-state index in [1.54, 1.807) is 0 Å². The number of nitrogen functional groups attached to an aromatic ring is 1. The van der Waals surface area contributed by atoms with E-state index in [2.05, 4.69) is 32.1 Å². The van der Waals surface area contributed by atoms with Crippen LogP contribution in [0.1, 0.15) is 32.3 Å². The Morgan fingerprint density at radius 1 is 1.23 bits per heavy atom. The van der Waals surface area contributed by atoms with Gasteiger partial charge in [0.25, 0.3) is 0 Å². The first-order chi connectivity index (χ1) is 6.27. The lowest BCUT2D eigenvalue weighted by atomic mass is 10.0.